The van der Waals surface area contributed by atoms with Crippen LogP contribution >= 0.6 is 0 Å². The lowest BCUT2D eigenvalue weighted by molar-refractivity contribution is 0.122. The van der Waals surface area contributed by atoms with Gasteiger partial charge in [-0.25, -0.2) is 22.5 Å². The second-order valence-electron chi connectivity index (χ2n) is 8.09. The third-order valence-electron chi connectivity index (χ3n) is 5.95. The molecule has 2 aromatic rings. The largest absolute Gasteiger partial charge is 0.378 e. The van der Waals surface area contributed by atoms with Crippen LogP contribution in [0.4, 0.5) is 10.2 Å². The number of sulfonamides is 1. The van der Waals surface area contributed by atoms with E-state index >= 15 is 0 Å². The van der Waals surface area contributed by atoms with Crippen molar-refractivity contribution in [3.63, 3.8) is 0 Å². The van der Waals surface area contributed by atoms with Crippen LogP contribution in [0.5, 0.6) is 0 Å². The quantitative estimate of drug-likeness (QED) is 0.677. The van der Waals surface area contributed by atoms with Crippen LogP contribution in [-0.2, 0) is 21.3 Å². The zero-order valence-corrected chi connectivity index (χ0v) is 18.3. The molecular formula is C22H29FN4O3S. The van der Waals surface area contributed by atoms with Gasteiger partial charge in [-0.3, -0.25) is 0 Å². The van der Waals surface area contributed by atoms with Crippen molar-refractivity contribution in [2.75, 3.05) is 31.2 Å². The minimum absolute atomic E-state index is 0.101. The fourth-order valence-electron chi connectivity index (χ4n) is 4.11. The molecule has 0 spiro atoms. The highest BCUT2D eigenvalue weighted by molar-refractivity contribution is 7.89. The fourth-order valence-corrected chi connectivity index (χ4v) is 5.36. The standard InChI is InChI=1S/C22H29FN4O3S/c23-21-4-2-1-3-17(21)15-24-18-5-7-19(8-6-18)26-31(28,29)20-9-10-22(25-16-20)27-11-13-30-14-12-27/h1-4,9-10,16,18-19,24,26H,5-8,11-15H2. The summed E-state index contributed by atoms with van der Waals surface area (Å²) in [6.45, 7) is 3.30. The van der Waals surface area contributed by atoms with Crippen LogP contribution in [0.3, 0.4) is 0 Å². The maximum atomic E-state index is 13.8. The number of ether oxygens (including phenoxy) is 1. The minimum Gasteiger partial charge on any atom is -0.378 e. The number of rotatable bonds is 7. The smallest absolute Gasteiger partial charge is 0.242 e. The summed E-state index contributed by atoms with van der Waals surface area (Å²) in [5, 5.41) is 3.39. The number of anilines is 1. The Bertz CT molecular complexity index is 957. The molecule has 2 N–H and O–H groups in total. The average Bonchev–Trinajstić information content (AvgIpc) is 2.80. The van der Waals surface area contributed by atoms with Gasteiger partial charge < -0.3 is 15.0 Å². The van der Waals surface area contributed by atoms with E-state index in [2.05, 4.69) is 19.9 Å². The maximum Gasteiger partial charge on any atom is 0.242 e. The zero-order valence-electron chi connectivity index (χ0n) is 17.5. The van der Waals surface area contributed by atoms with Crippen LogP contribution in [-0.4, -0.2) is 51.8 Å². The van der Waals surface area contributed by atoms with Gasteiger partial charge in [0.25, 0.3) is 0 Å². The summed E-state index contributed by atoms with van der Waals surface area (Å²) in [6.07, 6.45) is 4.60. The molecule has 0 atom stereocenters. The molecule has 1 saturated heterocycles. The lowest BCUT2D eigenvalue weighted by Gasteiger charge is -2.30. The van der Waals surface area contributed by atoms with Gasteiger partial charge >= 0.3 is 0 Å². The highest BCUT2D eigenvalue weighted by atomic mass is 32.2. The van der Waals surface area contributed by atoms with Crippen LogP contribution in [0.1, 0.15) is 31.2 Å². The molecule has 0 unspecified atom stereocenters. The van der Waals surface area contributed by atoms with Gasteiger partial charge in [-0.15, -0.1) is 0 Å². The normalized spacial score (nSPS) is 22.4. The Morgan fingerprint density at radius 2 is 1.74 bits per heavy atom. The van der Waals surface area contributed by atoms with E-state index in [9.17, 15) is 12.8 Å². The van der Waals surface area contributed by atoms with Crippen molar-refractivity contribution in [1.29, 1.82) is 0 Å². The molecule has 0 bridgehead atoms. The number of benzene rings is 1. The molecule has 2 aliphatic rings. The van der Waals surface area contributed by atoms with Gasteiger partial charge in [-0.2, -0.15) is 0 Å². The molecule has 4 rings (SSSR count). The topological polar surface area (TPSA) is 83.6 Å². The second kappa shape index (κ2) is 10.0. The van der Waals surface area contributed by atoms with Crippen molar-refractivity contribution in [2.24, 2.45) is 0 Å². The van der Waals surface area contributed by atoms with Gasteiger partial charge in [0.15, 0.2) is 0 Å². The molecule has 7 nitrogen and oxygen atoms in total. The van der Waals surface area contributed by atoms with Crippen LogP contribution in [0.2, 0.25) is 0 Å². The number of nitrogens with zero attached hydrogens (tertiary/aromatic N) is 2. The lowest BCUT2D eigenvalue weighted by Crippen LogP contribution is -2.42. The number of halogens is 1. The Morgan fingerprint density at radius 1 is 1.03 bits per heavy atom. The molecule has 1 aromatic heterocycles. The number of aromatic nitrogens is 1. The van der Waals surface area contributed by atoms with Gasteiger partial charge in [0.2, 0.25) is 10.0 Å². The molecular weight excluding hydrogens is 419 g/mol. The molecule has 9 heteroatoms. The van der Waals surface area contributed by atoms with Gasteiger partial charge in [-0.05, 0) is 43.9 Å². The van der Waals surface area contributed by atoms with E-state index in [4.69, 9.17) is 4.74 Å². The molecule has 0 amide bonds. The Kier molecular flexibility index (Phi) is 7.16. The third-order valence-corrected chi connectivity index (χ3v) is 7.46. The average molecular weight is 449 g/mol. The third kappa shape index (κ3) is 5.79. The Balaban J connectivity index is 1.27. The van der Waals surface area contributed by atoms with Crippen molar-refractivity contribution in [1.82, 2.24) is 15.0 Å². The van der Waals surface area contributed by atoms with Crippen molar-refractivity contribution in [3.8, 4) is 0 Å². The number of pyridine rings is 1. The summed E-state index contributed by atoms with van der Waals surface area (Å²) >= 11 is 0. The second-order valence-corrected chi connectivity index (χ2v) is 9.81. The molecule has 1 saturated carbocycles. The molecule has 1 aliphatic carbocycles. The van der Waals surface area contributed by atoms with Crippen LogP contribution in [0.25, 0.3) is 0 Å². The van der Waals surface area contributed by atoms with Gasteiger partial charge in [0.1, 0.15) is 16.5 Å². The number of hydrogen-bond donors (Lipinski definition) is 2. The molecule has 168 valence electrons. The van der Waals surface area contributed by atoms with Crippen LogP contribution < -0.4 is 14.9 Å². The van der Waals surface area contributed by atoms with E-state index in [1.807, 2.05) is 6.07 Å². The predicted octanol–water partition coefficient (Wildman–Crippen LogP) is 2.44. The van der Waals surface area contributed by atoms with Gasteiger partial charge in [0.05, 0.1) is 13.2 Å². The van der Waals surface area contributed by atoms with Crippen molar-refractivity contribution < 1.29 is 17.5 Å². The molecule has 2 heterocycles. The summed E-state index contributed by atoms with van der Waals surface area (Å²) in [5.74, 6) is 0.563. The van der Waals surface area contributed by atoms with E-state index in [1.165, 1.54) is 12.3 Å². The Morgan fingerprint density at radius 3 is 2.42 bits per heavy atom. The number of hydrogen-bond acceptors (Lipinski definition) is 6. The summed E-state index contributed by atoms with van der Waals surface area (Å²) in [4.78, 5) is 6.62. The van der Waals surface area contributed by atoms with Gasteiger partial charge in [-0.1, -0.05) is 18.2 Å². The first kappa shape index (κ1) is 22.1. The van der Waals surface area contributed by atoms with Crippen molar-refractivity contribution in [3.05, 3.63) is 54.0 Å². The van der Waals surface area contributed by atoms with Crippen molar-refractivity contribution in [2.45, 2.75) is 49.2 Å². The first-order valence-electron chi connectivity index (χ1n) is 10.8. The molecule has 31 heavy (non-hydrogen) atoms. The van der Waals surface area contributed by atoms with Crippen molar-refractivity contribution >= 4 is 15.8 Å². The summed E-state index contributed by atoms with van der Waals surface area (Å²) in [6, 6.07) is 10.3. The minimum atomic E-state index is -3.61. The van der Waals surface area contributed by atoms with Crippen LogP contribution in [0.15, 0.2) is 47.5 Å². The first-order chi connectivity index (χ1) is 15.0. The predicted molar refractivity (Wildman–Crippen MR) is 117 cm³/mol. The highest BCUT2D eigenvalue weighted by Gasteiger charge is 2.26. The molecule has 0 radical (unpaired) electrons. The van der Waals surface area contributed by atoms with E-state index in [-0.39, 0.29) is 22.8 Å². The number of nitrogens with one attached hydrogen (secondary N) is 2. The Labute approximate surface area is 183 Å². The molecule has 2 fully saturated rings. The summed E-state index contributed by atoms with van der Waals surface area (Å²) < 4.78 is 47.5. The fraction of sp³-hybridized carbons (Fsp3) is 0.500. The van der Waals surface area contributed by atoms with E-state index < -0.39 is 10.0 Å². The first-order valence-corrected chi connectivity index (χ1v) is 12.3. The van der Waals surface area contributed by atoms with Crippen LogP contribution in [0, 0.1) is 5.82 Å². The lowest BCUT2D eigenvalue weighted by atomic mass is 9.91. The summed E-state index contributed by atoms with van der Waals surface area (Å²) in [7, 11) is -3.61. The summed E-state index contributed by atoms with van der Waals surface area (Å²) in [5.41, 5.74) is 0.651. The monoisotopic (exact) mass is 448 g/mol. The van der Waals surface area contributed by atoms with E-state index in [1.54, 1.807) is 24.3 Å². The van der Waals surface area contributed by atoms with E-state index in [0.29, 0.717) is 25.3 Å². The maximum absolute atomic E-state index is 13.8. The SMILES string of the molecule is O=S(=O)(NC1CCC(NCc2ccccc2F)CC1)c1ccc(N2CCOCC2)nc1. The molecule has 1 aliphatic heterocycles. The Hall–Kier alpha value is -2.07. The zero-order chi connectivity index (χ0) is 21.7. The molecule has 1 aromatic carbocycles. The van der Waals surface area contributed by atoms with E-state index in [0.717, 1.165) is 44.6 Å². The van der Waals surface area contributed by atoms with Gasteiger partial charge in [0, 0.05) is 43.5 Å². The number of morpholine rings is 1. The highest BCUT2D eigenvalue weighted by Crippen LogP contribution is 2.22.